The molecule has 0 amide bonds. The first-order valence-corrected chi connectivity index (χ1v) is 6.08. The summed E-state index contributed by atoms with van der Waals surface area (Å²) in [5, 5.41) is 9.09. The first kappa shape index (κ1) is 14.1. The summed E-state index contributed by atoms with van der Waals surface area (Å²) in [6.07, 6.45) is -4.61. The lowest BCUT2D eigenvalue weighted by atomic mass is 10.1. The van der Waals surface area contributed by atoms with Gasteiger partial charge in [-0.15, -0.1) is 0 Å². The number of hydrogen-bond acceptors (Lipinski definition) is 3. The van der Waals surface area contributed by atoms with Crippen molar-refractivity contribution < 1.29 is 23.0 Å². The van der Waals surface area contributed by atoms with Crippen molar-refractivity contribution in [2.24, 2.45) is 0 Å². The highest BCUT2D eigenvalue weighted by Crippen LogP contribution is 2.31. The van der Waals surface area contributed by atoms with Crippen LogP contribution in [0.4, 0.5) is 18.9 Å². The zero-order valence-electron chi connectivity index (χ0n) is 10.5. The molecule has 1 aliphatic rings. The topological polar surface area (TPSA) is 32.7 Å². The number of hydrogen-bond donors (Lipinski definition) is 1. The van der Waals surface area contributed by atoms with Crippen LogP contribution in [0, 0.1) is 0 Å². The van der Waals surface area contributed by atoms with Crippen LogP contribution >= 0.6 is 0 Å². The third-order valence-electron chi connectivity index (χ3n) is 3.24. The summed E-state index contributed by atoms with van der Waals surface area (Å²) in [6, 6.07) is 5.13. The molecule has 0 aromatic heterocycles. The number of halogens is 3. The maximum atomic E-state index is 12.5. The molecule has 0 radical (unpaired) electrons. The summed E-state index contributed by atoms with van der Waals surface area (Å²) in [5.74, 6) is 0. The van der Waals surface area contributed by atoms with Gasteiger partial charge in [0.25, 0.3) is 0 Å². The van der Waals surface area contributed by atoms with Gasteiger partial charge in [0.15, 0.2) is 0 Å². The van der Waals surface area contributed by atoms with Crippen LogP contribution in [0.1, 0.15) is 12.5 Å². The quantitative estimate of drug-likeness (QED) is 0.899. The Morgan fingerprint density at radius 2 is 1.95 bits per heavy atom. The van der Waals surface area contributed by atoms with Crippen molar-refractivity contribution in [3.8, 4) is 0 Å². The number of anilines is 1. The summed E-state index contributed by atoms with van der Waals surface area (Å²) in [7, 11) is 0. The second kappa shape index (κ2) is 5.38. The molecule has 1 fully saturated rings. The molecule has 19 heavy (non-hydrogen) atoms. The van der Waals surface area contributed by atoms with Gasteiger partial charge in [0.2, 0.25) is 0 Å². The van der Waals surface area contributed by atoms with Crippen molar-refractivity contribution in [2.75, 3.05) is 24.7 Å². The molecule has 0 saturated carbocycles. The molecule has 1 N–H and O–H groups in total. The number of nitrogens with zero attached hydrogens (tertiary/aromatic N) is 1. The molecule has 2 atom stereocenters. The van der Waals surface area contributed by atoms with E-state index in [0.717, 1.165) is 12.1 Å². The van der Waals surface area contributed by atoms with Gasteiger partial charge in [0, 0.05) is 18.3 Å². The first-order chi connectivity index (χ1) is 8.91. The molecule has 0 aliphatic carbocycles. The molecule has 6 heteroatoms. The van der Waals surface area contributed by atoms with E-state index >= 15 is 0 Å². The predicted molar refractivity (Wildman–Crippen MR) is 65.1 cm³/mol. The molecule has 0 spiro atoms. The Kier molecular flexibility index (Phi) is 4.01. The third-order valence-corrected chi connectivity index (χ3v) is 3.24. The van der Waals surface area contributed by atoms with Crippen molar-refractivity contribution in [3.05, 3.63) is 29.8 Å². The van der Waals surface area contributed by atoms with E-state index in [9.17, 15) is 13.2 Å². The molecule has 1 aromatic rings. The summed E-state index contributed by atoms with van der Waals surface area (Å²) in [5.41, 5.74) is 0.0538. The molecule has 0 bridgehead atoms. The zero-order valence-corrected chi connectivity index (χ0v) is 10.5. The minimum Gasteiger partial charge on any atom is -0.394 e. The van der Waals surface area contributed by atoms with Crippen LogP contribution in [0.5, 0.6) is 0 Å². The molecular weight excluding hydrogens is 259 g/mol. The molecule has 1 saturated heterocycles. The van der Waals surface area contributed by atoms with Gasteiger partial charge in [0.05, 0.1) is 24.9 Å². The minimum absolute atomic E-state index is 0.0690. The number of rotatable bonds is 2. The molecule has 3 nitrogen and oxygen atoms in total. The lowest BCUT2D eigenvalue weighted by molar-refractivity contribution is -0.137. The summed E-state index contributed by atoms with van der Waals surface area (Å²) >= 11 is 0. The Bertz CT molecular complexity index is 419. The Labute approximate surface area is 109 Å². The van der Waals surface area contributed by atoms with Crippen LogP contribution < -0.4 is 4.90 Å². The van der Waals surface area contributed by atoms with E-state index in [1.807, 2.05) is 11.8 Å². The van der Waals surface area contributed by atoms with Gasteiger partial charge in [0.1, 0.15) is 0 Å². The van der Waals surface area contributed by atoms with E-state index in [1.165, 1.54) is 12.1 Å². The number of morpholine rings is 1. The van der Waals surface area contributed by atoms with Crippen LogP contribution in [0.25, 0.3) is 0 Å². The highest BCUT2D eigenvalue weighted by molar-refractivity contribution is 5.49. The predicted octanol–water partition coefficient (Wildman–Crippen LogP) is 2.29. The average molecular weight is 275 g/mol. The Morgan fingerprint density at radius 3 is 2.47 bits per heavy atom. The Balaban J connectivity index is 2.16. The molecule has 2 unspecified atom stereocenters. The molecule has 1 aliphatic heterocycles. The SMILES string of the molecule is CC1COC(CO)CN1c1ccc(C(F)(F)F)cc1. The first-order valence-electron chi connectivity index (χ1n) is 6.08. The third kappa shape index (κ3) is 3.19. The van der Waals surface area contributed by atoms with Crippen molar-refractivity contribution in [2.45, 2.75) is 25.2 Å². The van der Waals surface area contributed by atoms with Crippen molar-refractivity contribution in [3.63, 3.8) is 0 Å². The summed E-state index contributed by atoms with van der Waals surface area (Å²) < 4.78 is 42.9. The molecule has 2 rings (SSSR count). The largest absolute Gasteiger partial charge is 0.416 e. The number of aliphatic hydroxyl groups excluding tert-OH is 1. The van der Waals surface area contributed by atoms with Crippen molar-refractivity contribution in [1.29, 1.82) is 0 Å². The molecule has 1 aromatic carbocycles. The van der Waals surface area contributed by atoms with Gasteiger partial charge in [-0.25, -0.2) is 0 Å². The number of ether oxygens (including phenoxy) is 1. The van der Waals surface area contributed by atoms with E-state index in [1.54, 1.807) is 0 Å². The number of aliphatic hydroxyl groups is 1. The monoisotopic (exact) mass is 275 g/mol. The van der Waals surface area contributed by atoms with E-state index in [4.69, 9.17) is 9.84 Å². The van der Waals surface area contributed by atoms with Crippen LogP contribution in [0.2, 0.25) is 0 Å². The summed E-state index contributed by atoms with van der Waals surface area (Å²) in [4.78, 5) is 1.95. The maximum absolute atomic E-state index is 12.5. The molecule has 1 heterocycles. The smallest absolute Gasteiger partial charge is 0.394 e. The number of alkyl halides is 3. The Hall–Kier alpha value is -1.27. The minimum atomic E-state index is -4.32. The normalized spacial score (nSPS) is 24.6. The van der Waals surface area contributed by atoms with Gasteiger partial charge < -0.3 is 14.7 Å². The van der Waals surface area contributed by atoms with Gasteiger partial charge in [-0.3, -0.25) is 0 Å². The maximum Gasteiger partial charge on any atom is 0.416 e. The van der Waals surface area contributed by atoms with Crippen LogP contribution in [0.15, 0.2) is 24.3 Å². The molecular formula is C13H16F3NO2. The molecule has 106 valence electrons. The van der Waals surface area contributed by atoms with Gasteiger partial charge in [-0.2, -0.15) is 13.2 Å². The second-order valence-corrected chi connectivity index (χ2v) is 4.68. The lowest BCUT2D eigenvalue weighted by Gasteiger charge is -2.39. The highest BCUT2D eigenvalue weighted by Gasteiger charge is 2.31. The van der Waals surface area contributed by atoms with Gasteiger partial charge in [-0.05, 0) is 31.2 Å². The van der Waals surface area contributed by atoms with E-state index in [2.05, 4.69) is 0 Å². The van der Waals surface area contributed by atoms with E-state index in [-0.39, 0.29) is 18.8 Å². The van der Waals surface area contributed by atoms with E-state index in [0.29, 0.717) is 18.8 Å². The van der Waals surface area contributed by atoms with Crippen molar-refractivity contribution >= 4 is 5.69 Å². The number of benzene rings is 1. The fraction of sp³-hybridized carbons (Fsp3) is 0.538. The van der Waals surface area contributed by atoms with Gasteiger partial charge >= 0.3 is 6.18 Å². The average Bonchev–Trinajstić information content (AvgIpc) is 2.38. The van der Waals surface area contributed by atoms with E-state index < -0.39 is 11.7 Å². The van der Waals surface area contributed by atoms with Gasteiger partial charge in [-0.1, -0.05) is 0 Å². The van der Waals surface area contributed by atoms with Crippen molar-refractivity contribution in [1.82, 2.24) is 0 Å². The fourth-order valence-corrected chi connectivity index (χ4v) is 2.13. The van der Waals surface area contributed by atoms with Crippen LogP contribution in [0.3, 0.4) is 0 Å². The Morgan fingerprint density at radius 1 is 1.32 bits per heavy atom. The lowest BCUT2D eigenvalue weighted by Crippen LogP contribution is -2.49. The summed E-state index contributed by atoms with van der Waals surface area (Å²) in [6.45, 7) is 2.77. The fourth-order valence-electron chi connectivity index (χ4n) is 2.13. The zero-order chi connectivity index (χ0) is 14.0. The second-order valence-electron chi connectivity index (χ2n) is 4.68. The van der Waals surface area contributed by atoms with Crippen LogP contribution in [-0.2, 0) is 10.9 Å². The standard InChI is InChI=1S/C13H16F3NO2/c1-9-8-19-12(7-18)6-17(9)11-4-2-10(3-5-11)13(14,15)16/h2-5,9,12,18H,6-8H2,1H3. The van der Waals surface area contributed by atoms with Crippen LogP contribution in [-0.4, -0.2) is 37.0 Å². The highest BCUT2D eigenvalue weighted by atomic mass is 19.4.